The lowest BCUT2D eigenvalue weighted by molar-refractivity contribution is -0.0391. The van der Waals surface area contributed by atoms with E-state index in [0.29, 0.717) is 34.3 Å². The summed E-state index contributed by atoms with van der Waals surface area (Å²) in [5.74, 6) is -0.762. The summed E-state index contributed by atoms with van der Waals surface area (Å²) in [6.45, 7) is 0.639. The van der Waals surface area contributed by atoms with Crippen molar-refractivity contribution >= 4 is 55.7 Å². The highest BCUT2D eigenvalue weighted by Crippen LogP contribution is 2.37. The Hall–Kier alpha value is -3.11. The molecule has 0 aliphatic carbocycles. The molecule has 0 N–H and O–H groups in total. The molecule has 0 bridgehead atoms. The number of aromatic nitrogens is 4. The first kappa shape index (κ1) is 22.7. The highest BCUT2D eigenvalue weighted by Gasteiger charge is 2.25. The molecule has 1 fully saturated rings. The second kappa shape index (κ2) is 8.92. The zero-order chi connectivity index (χ0) is 24.0. The third-order valence-electron chi connectivity index (χ3n) is 5.92. The maximum atomic E-state index is 14.7. The van der Waals surface area contributed by atoms with Crippen molar-refractivity contribution in [1.29, 1.82) is 0 Å². The first-order chi connectivity index (χ1) is 16.3. The Morgan fingerprint density at radius 2 is 2.12 bits per heavy atom. The zero-order valence-electron chi connectivity index (χ0n) is 19.1. The molecule has 1 aliphatic rings. The minimum Gasteiger partial charge on any atom is -0.369 e. The minimum atomic E-state index is -0.478. The van der Waals surface area contributed by atoms with E-state index in [0.717, 1.165) is 29.3 Å². The Balaban J connectivity index is 1.68. The van der Waals surface area contributed by atoms with Crippen molar-refractivity contribution in [3.8, 4) is 0 Å². The number of carbonyl (C=O) groups excluding carboxylic acids is 1. The van der Waals surface area contributed by atoms with Crippen LogP contribution in [0.15, 0.2) is 40.2 Å². The zero-order valence-corrected chi connectivity index (χ0v) is 20.7. The van der Waals surface area contributed by atoms with Gasteiger partial charge in [-0.1, -0.05) is 0 Å². The van der Waals surface area contributed by atoms with Gasteiger partial charge in [-0.3, -0.25) is 4.79 Å². The van der Waals surface area contributed by atoms with Gasteiger partial charge in [0.15, 0.2) is 11.6 Å². The molecule has 0 spiro atoms. The highest BCUT2D eigenvalue weighted by molar-refractivity contribution is 9.10. The number of hydrogen-bond acceptors (Lipinski definition) is 5. The number of rotatable bonds is 5. The van der Waals surface area contributed by atoms with Gasteiger partial charge in [0.1, 0.15) is 22.9 Å². The molecular formula is C24H24BrFN6O2. The number of aryl methyl sites for hydroxylation is 1. The summed E-state index contributed by atoms with van der Waals surface area (Å²) in [4.78, 5) is 24.7. The summed E-state index contributed by atoms with van der Waals surface area (Å²) in [6, 6.07) is 4.54. The monoisotopic (exact) mass is 526 g/mol. The number of fused-ring (bicyclic) bond motifs is 2. The second-order valence-electron chi connectivity index (χ2n) is 8.63. The number of carbonyl (C=O) groups is 1. The summed E-state index contributed by atoms with van der Waals surface area (Å²) in [5.41, 5.74) is 2.75. The van der Waals surface area contributed by atoms with Crippen LogP contribution >= 0.6 is 15.9 Å². The van der Waals surface area contributed by atoms with Crippen LogP contribution in [0.1, 0.15) is 41.4 Å². The summed E-state index contributed by atoms with van der Waals surface area (Å²) in [6.07, 6.45) is 7.57. The fourth-order valence-corrected chi connectivity index (χ4v) is 4.96. The second-order valence-corrected chi connectivity index (χ2v) is 9.49. The molecule has 8 nitrogen and oxygen atoms in total. The number of imidazole rings is 1. The van der Waals surface area contributed by atoms with Crippen LogP contribution in [-0.2, 0) is 11.8 Å². The third-order valence-corrected chi connectivity index (χ3v) is 6.52. The van der Waals surface area contributed by atoms with Gasteiger partial charge >= 0.3 is 0 Å². The molecule has 0 saturated carbocycles. The standard InChI is InChI=1S/C24H24BrFN6O2/c1-30(2)12-27-21-15(10-17(25)23-22(21)28-13-31(23)3)24(33)14-7-8-18(26)20-16(14)11-32(29-20)19-6-4-5-9-34-19/h7-8,10-13,19H,4-6,9H2,1-3H3/b27-12+. The Morgan fingerprint density at radius 3 is 2.85 bits per heavy atom. The van der Waals surface area contributed by atoms with Crippen molar-refractivity contribution < 1.29 is 13.9 Å². The van der Waals surface area contributed by atoms with E-state index in [1.165, 1.54) is 12.1 Å². The number of benzene rings is 2. The fraction of sp³-hybridized carbons (Fsp3) is 0.333. The van der Waals surface area contributed by atoms with Crippen molar-refractivity contribution in [1.82, 2.24) is 24.2 Å². The molecule has 0 radical (unpaired) electrons. The van der Waals surface area contributed by atoms with Crippen LogP contribution in [0.2, 0.25) is 0 Å². The first-order valence-corrected chi connectivity index (χ1v) is 11.8. The SMILES string of the molecule is CN(C)/C=N/c1c(C(=O)c2ccc(F)c3nn(C4CCCCO4)cc23)cc(Br)c2c1ncn2C. The Bertz CT molecular complexity index is 1430. The van der Waals surface area contributed by atoms with E-state index < -0.39 is 5.82 Å². The normalized spacial score (nSPS) is 16.7. The molecule has 2 aromatic carbocycles. The van der Waals surface area contributed by atoms with Gasteiger partial charge in [0.2, 0.25) is 0 Å². The fourth-order valence-electron chi connectivity index (χ4n) is 4.27. The van der Waals surface area contributed by atoms with Crippen molar-refractivity contribution in [3.05, 3.63) is 52.1 Å². The van der Waals surface area contributed by atoms with Gasteiger partial charge in [0.25, 0.3) is 0 Å². The smallest absolute Gasteiger partial charge is 0.196 e. The van der Waals surface area contributed by atoms with E-state index in [9.17, 15) is 9.18 Å². The number of ketones is 1. The number of ether oxygens (including phenoxy) is 1. The largest absolute Gasteiger partial charge is 0.369 e. The Morgan fingerprint density at radius 1 is 1.29 bits per heavy atom. The molecule has 5 rings (SSSR count). The number of hydrogen-bond donors (Lipinski definition) is 0. The maximum absolute atomic E-state index is 14.7. The molecule has 0 amide bonds. The van der Waals surface area contributed by atoms with Crippen LogP contribution in [0.25, 0.3) is 21.9 Å². The van der Waals surface area contributed by atoms with E-state index in [-0.39, 0.29) is 17.5 Å². The Kier molecular flexibility index (Phi) is 5.95. The minimum absolute atomic E-state index is 0.149. The molecule has 3 heterocycles. The van der Waals surface area contributed by atoms with Gasteiger partial charge in [-0.05, 0) is 53.4 Å². The van der Waals surface area contributed by atoms with Crippen molar-refractivity contribution in [3.63, 3.8) is 0 Å². The van der Waals surface area contributed by atoms with Crippen LogP contribution in [-0.4, -0.2) is 57.1 Å². The lowest BCUT2D eigenvalue weighted by Crippen LogP contribution is -2.18. The molecule has 34 heavy (non-hydrogen) atoms. The average molecular weight is 527 g/mol. The third kappa shape index (κ3) is 3.90. The predicted octanol–water partition coefficient (Wildman–Crippen LogP) is 4.98. The molecule has 1 unspecified atom stereocenters. The van der Waals surface area contributed by atoms with Gasteiger partial charge in [-0.2, -0.15) is 5.10 Å². The van der Waals surface area contributed by atoms with E-state index in [1.54, 1.807) is 34.5 Å². The number of nitrogens with zero attached hydrogens (tertiary/aromatic N) is 6. The van der Waals surface area contributed by atoms with Crippen LogP contribution in [0.3, 0.4) is 0 Å². The highest BCUT2D eigenvalue weighted by atomic mass is 79.9. The predicted molar refractivity (Wildman–Crippen MR) is 132 cm³/mol. The first-order valence-electron chi connectivity index (χ1n) is 11.0. The van der Waals surface area contributed by atoms with E-state index in [2.05, 4.69) is 31.0 Å². The topological polar surface area (TPSA) is 77.5 Å². The van der Waals surface area contributed by atoms with Crippen LogP contribution < -0.4 is 0 Å². The van der Waals surface area contributed by atoms with Gasteiger partial charge in [0.05, 0.1) is 23.7 Å². The molecular weight excluding hydrogens is 503 g/mol. The van der Waals surface area contributed by atoms with Gasteiger partial charge in [-0.15, -0.1) is 0 Å². The van der Waals surface area contributed by atoms with Crippen LogP contribution in [0, 0.1) is 5.82 Å². The average Bonchev–Trinajstić information content (AvgIpc) is 3.44. The van der Waals surface area contributed by atoms with Crippen molar-refractivity contribution in [2.75, 3.05) is 20.7 Å². The van der Waals surface area contributed by atoms with Crippen LogP contribution in [0.5, 0.6) is 0 Å². The van der Waals surface area contributed by atoms with E-state index in [4.69, 9.17) is 4.74 Å². The molecule has 176 valence electrons. The van der Waals surface area contributed by atoms with Crippen molar-refractivity contribution in [2.24, 2.45) is 12.0 Å². The van der Waals surface area contributed by atoms with Gasteiger partial charge in [0, 0.05) is 49.4 Å². The number of halogens is 2. The summed E-state index contributed by atoms with van der Waals surface area (Å²) in [5, 5.41) is 4.87. The van der Waals surface area contributed by atoms with Crippen LogP contribution in [0.4, 0.5) is 10.1 Å². The van der Waals surface area contributed by atoms with E-state index >= 15 is 0 Å². The summed E-state index contributed by atoms with van der Waals surface area (Å²) in [7, 11) is 5.58. The lowest BCUT2D eigenvalue weighted by atomic mass is 9.98. The quantitative estimate of drug-likeness (QED) is 0.208. The van der Waals surface area contributed by atoms with E-state index in [1.807, 2.05) is 25.7 Å². The number of aliphatic imine (C=N–C) groups is 1. The lowest BCUT2D eigenvalue weighted by Gasteiger charge is -2.22. The molecule has 4 aromatic rings. The maximum Gasteiger partial charge on any atom is 0.196 e. The molecule has 10 heteroatoms. The van der Waals surface area contributed by atoms with Crippen molar-refractivity contribution in [2.45, 2.75) is 25.5 Å². The Labute approximate surface area is 204 Å². The molecule has 1 aliphatic heterocycles. The van der Waals surface area contributed by atoms with Gasteiger partial charge < -0.3 is 14.2 Å². The molecule has 1 atom stereocenters. The molecule has 2 aromatic heterocycles. The van der Waals surface area contributed by atoms with Gasteiger partial charge in [-0.25, -0.2) is 19.0 Å². The summed E-state index contributed by atoms with van der Waals surface area (Å²) >= 11 is 3.58. The molecule has 1 saturated heterocycles. The summed E-state index contributed by atoms with van der Waals surface area (Å²) < 4.78 is 24.7.